The Labute approximate surface area is 183 Å². The number of carbonyl (C=O) groups excluding carboxylic acids is 1. The normalized spacial score (nSPS) is 16.0. The quantitative estimate of drug-likeness (QED) is 0.705. The summed E-state index contributed by atoms with van der Waals surface area (Å²) in [5, 5.41) is 3.53. The summed E-state index contributed by atoms with van der Waals surface area (Å²) in [6.07, 6.45) is 1.02. The second-order valence-electron chi connectivity index (χ2n) is 7.86. The fraction of sp³-hybridized carbons (Fsp3) is 0.409. The van der Waals surface area contributed by atoms with Gasteiger partial charge in [0, 0.05) is 37.1 Å². The van der Waals surface area contributed by atoms with Gasteiger partial charge in [-0.2, -0.15) is 4.31 Å². The minimum Gasteiger partial charge on any atom is -0.352 e. The molecule has 8 heteroatoms. The molecule has 1 heterocycles. The van der Waals surface area contributed by atoms with E-state index in [0.29, 0.717) is 37.5 Å². The van der Waals surface area contributed by atoms with Crippen molar-refractivity contribution in [3.8, 4) is 0 Å². The first-order valence-electron chi connectivity index (χ1n) is 10.0. The number of hydrogen-bond acceptors (Lipinski definition) is 4. The third-order valence-electron chi connectivity index (χ3n) is 5.33. The molecule has 0 bridgehead atoms. The molecule has 30 heavy (non-hydrogen) atoms. The third kappa shape index (κ3) is 5.60. The molecule has 1 aliphatic heterocycles. The van der Waals surface area contributed by atoms with Crippen molar-refractivity contribution in [2.75, 3.05) is 27.2 Å². The molecule has 0 saturated carbocycles. The highest BCUT2D eigenvalue weighted by atomic mass is 35.5. The Kier molecular flexibility index (Phi) is 7.52. The number of halogens is 1. The Balaban J connectivity index is 1.55. The lowest BCUT2D eigenvalue weighted by atomic mass is 9.97. The van der Waals surface area contributed by atoms with Gasteiger partial charge in [0.1, 0.15) is 0 Å². The molecular weight excluding hydrogens is 422 g/mol. The topological polar surface area (TPSA) is 69.7 Å². The maximum absolute atomic E-state index is 12.8. The Hall–Kier alpha value is -1.93. The average molecular weight is 450 g/mol. The first-order valence-corrected chi connectivity index (χ1v) is 11.8. The van der Waals surface area contributed by atoms with Crippen LogP contribution in [0.4, 0.5) is 0 Å². The van der Waals surface area contributed by atoms with E-state index in [1.807, 2.05) is 32.3 Å². The van der Waals surface area contributed by atoms with Gasteiger partial charge in [-0.25, -0.2) is 8.42 Å². The zero-order valence-corrected chi connectivity index (χ0v) is 18.9. The molecule has 162 valence electrons. The lowest BCUT2D eigenvalue weighted by Gasteiger charge is -2.30. The zero-order chi connectivity index (χ0) is 21.7. The number of amides is 1. The molecule has 1 saturated heterocycles. The van der Waals surface area contributed by atoms with Gasteiger partial charge in [0.05, 0.1) is 4.90 Å². The summed E-state index contributed by atoms with van der Waals surface area (Å²) >= 11 is 5.85. The van der Waals surface area contributed by atoms with Gasteiger partial charge in [0.25, 0.3) is 0 Å². The van der Waals surface area contributed by atoms with Gasteiger partial charge < -0.3 is 10.2 Å². The molecule has 3 rings (SSSR count). The van der Waals surface area contributed by atoms with Crippen LogP contribution < -0.4 is 5.32 Å². The Bertz CT molecular complexity index is 969. The van der Waals surface area contributed by atoms with Crippen molar-refractivity contribution in [2.24, 2.45) is 5.92 Å². The molecule has 0 radical (unpaired) electrons. The molecule has 0 spiro atoms. The van der Waals surface area contributed by atoms with E-state index in [2.05, 4.69) is 16.3 Å². The summed E-state index contributed by atoms with van der Waals surface area (Å²) in [5.74, 6) is -0.194. The highest BCUT2D eigenvalue weighted by Gasteiger charge is 2.32. The maximum atomic E-state index is 12.8. The van der Waals surface area contributed by atoms with Crippen LogP contribution in [-0.2, 0) is 27.9 Å². The van der Waals surface area contributed by atoms with Gasteiger partial charge in [-0.3, -0.25) is 4.79 Å². The van der Waals surface area contributed by atoms with Gasteiger partial charge >= 0.3 is 0 Å². The summed E-state index contributed by atoms with van der Waals surface area (Å²) in [4.78, 5) is 15.0. The Morgan fingerprint density at radius 3 is 2.27 bits per heavy atom. The van der Waals surface area contributed by atoms with Crippen molar-refractivity contribution in [1.29, 1.82) is 0 Å². The lowest BCUT2D eigenvalue weighted by molar-refractivity contribution is -0.126. The van der Waals surface area contributed by atoms with E-state index in [-0.39, 0.29) is 16.7 Å². The molecule has 2 aromatic carbocycles. The number of nitrogens with one attached hydrogen (secondary N) is 1. The highest BCUT2D eigenvalue weighted by Crippen LogP contribution is 2.25. The smallest absolute Gasteiger partial charge is 0.243 e. The fourth-order valence-corrected chi connectivity index (χ4v) is 5.26. The maximum Gasteiger partial charge on any atom is 0.243 e. The van der Waals surface area contributed by atoms with E-state index in [9.17, 15) is 13.2 Å². The minimum atomic E-state index is -3.56. The van der Waals surface area contributed by atoms with Gasteiger partial charge in [0.2, 0.25) is 15.9 Å². The van der Waals surface area contributed by atoms with E-state index in [4.69, 9.17) is 11.6 Å². The summed E-state index contributed by atoms with van der Waals surface area (Å²) in [5.41, 5.74) is 2.29. The van der Waals surface area contributed by atoms with Gasteiger partial charge in [-0.05, 0) is 62.3 Å². The number of benzene rings is 2. The molecule has 1 aliphatic rings. The van der Waals surface area contributed by atoms with Crippen LogP contribution in [0.2, 0.25) is 5.02 Å². The van der Waals surface area contributed by atoms with Crippen LogP contribution in [0, 0.1) is 5.92 Å². The fourth-order valence-electron chi connectivity index (χ4n) is 3.67. The van der Waals surface area contributed by atoms with Crippen LogP contribution >= 0.6 is 11.6 Å². The highest BCUT2D eigenvalue weighted by molar-refractivity contribution is 7.89. The van der Waals surface area contributed by atoms with E-state index in [1.54, 1.807) is 12.1 Å². The number of nitrogens with zero attached hydrogens (tertiary/aromatic N) is 2. The molecule has 0 unspecified atom stereocenters. The molecule has 0 aromatic heterocycles. The monoisotopic (exact) mass is 449 g/mol. The van der Waals surface area contributed by atoms with Crippen molar-refractivity contribution in [3.05, 3.63) is 64.7 Å². The van der Waals surface area contributed by atoms with Crippen molar-refractivity contribution in [3.63, 3.8) is 0 Å². The SMILES string of the molecule is CN(C)Cc1ccccc1CNC(=O)C1CCN(S(=O)(=O)c2ccc(Cl)cc2)CC1. The van der Waals surface area contributed by atoms with Crippen LogP contribution in [0.3, 0.4) is 0 Å². The average Bonchev–Trinajstić information content (AvgIpc) is 2.73. The van der Waals surface area contributed by atoms with Crippen LogP contribution in [0.25, 0.3) is 0 Å². The Morgan fingerprint density at radius 2 is 1.67 bits per heavy atom. The number of carbonyl (C=O) groups is 1. The number of hydrogen-bond donors (Lipinski definition) is 1. The molecule has 1 N–H and O–H groups in total. The summed E-state index contributed by atoms with van der Waals surface area (Å²) in [6.45, 7) is 1.96. The second-order valence-corrected chi connectivity index (χ2v) is 10.2. The van der Waals surface area contributed by atoms with Crippen LogP contribution in [0.1, 0.15) is 24.0 Å². The van der Waals surface area contributed by atoms with Crippen molar-refractivity contribution in [2.45, 2.75) is 30.8 Å². The first-order chi connectivity index (χ1) is 14.3. The number of piperidine rings is 1. The van der Waals surface area contributed by atoms with Crippen molar-refractivity contribution >= 4 is 27.5 Å². The predicted octanol–water partition coefficient (Wildman–Crippen LogP) is 3.12. The molecule has 2 aromatic rings. The summed E-state index contributed by atoms with van der Waals surface area (Å²) in [7, 11) is 0.468. The standard InChI is InChI=1S/C22H28ClN3O3S/c1-25(2)16-19-6-4-3-5-18(19)15-24-22(27)17-11-13-26(14-12-17)30(28,29)21-9-7-20(23)8-10-21/h3-10,17H,11-16H2,1-2H3,(H,24,27). The molecule has 0 aliphatic carbocycles. The number of rotatable bonds is 7. The molecule has 1 fully saturated rings. The van der Waals surface area contributed by atoms with E-state index in [0.717, 1.165) is 12.1 Å². The predicted molar refractivity (Wildman–Crippen MR) is 119 cm³/mol. The van der Waals surface area contributed by atoms with E-state index in [1.165, 1.54) is 22.0 Å². The summed E-state index contributed by atoms with van der Waals surface area (Å²) in [6, 6.07) is 14.2. The Morgan fingerprint density at radius 1 is 1.07 bits per heavy atom. The minimum absolute atomic E-state index is 0.0156. The second kappa shape index (κ2) is 9.92. The van der Waals surface area contributed by atoms with Gasteiger partial charge in [0.15, 0.2) is 0 Å². The van der Waals surface area contributed by atoms with Gasteiger partial charge in [-0.1, -0.05) is 35.9 Å². The first kappa shape index (κ1) is 22.7. The number of sulfonamides is 1. The van der Waals surface area contributed by atoms with Crippen LogP contribution in [-0.4, -0.2) is 50.7 Å². The van der Waals surface area contributed by atoms with Crippen molar-refractivity contribution in [1.82, 2.24) is 14.5 Å². The van der Waals surface area contributed by atoms with Crippen LogP contribution in [0.15, 0.2) is 53.4 Å². The van der Waals surface area contributed by atoms with Gasteiger partial charge in [-0.15, -0.1) is 0 Å². The van der Waals surface area contributed by atoms with E-state index < -0.39 is 10.0 Å². The lowest BCUT2D eigenvalue weighted by Crippen LogP contribution is -2.42. The molecule has 6 nitrogen and oxygen atoms in total. The third-order valence-corrected chi connectivity index (χ3v) is 7.50. The van der Waals surface area contributed by atoms with Crippen molar-refractivity contribution < 1.29 is 13.2 Å². The van der Waals surface area contributed by atoms with Crippen LogP contribution in [0.5, 0.6) is 0 Å². The zero-order valence-electron chi connectivity index (χ0n) is 17.3. The molecular formula is C22H28ClN3O3S. The molecule has 0 atom stereocenters. The molecule has 1 amide bonds. The van der Waals surface area contributed by atoms with E-state index >= 15 is 0 Å². The largest absolute Gasteiger partial charge is 0.352 e. The summed E-state index contributed by atoms with van der Waals surface area (Å²) < 4.78 is 27.0.